The van der Waals surface area contributed by atoms with Gasteiger partial charge in [-0.15, -0.1) is 0 Å². The highest BCUT2D eigenvalue weighted by Crippen LogP contribution is 2.34. The van der Waals surface area contributed by atoms with Crippen molar-refractivity contribution < 1.29 is 9.72 Å². The van der Waals surface area contributed by atoms with E-state index in [1.54, 1.807) is 6.92 Å². The number of carbonyl (C=O) groups excluding carboxylic acids is 1. The van der Waals surface area contributed by atoms with E-state index >= 15 is 0 Å². The highest BCUT2D eigenvalue weighted by atomic mass is 35.5. The lowest BCUT2D eigenvalue weighted by Gasteiger charge is -2.11. The van der Waals surface area contributed by atoms with Crippen LogP contribution in [-0.2, 0) is 11.3 Å². The molecule has 0 aliphatic carbocycles. The number of nitrogens with one attached hydrogen (secondary N) is 1. The molecule has 1 N–H and O–H groups in total. The molecule has 28 heavy (non-hydrogen) atoms. The molecule has 2 aromatic carbocycles. The number of aromatic nitrogens is 2. The van der Waals surface area contributed by atoms with Crippen molar-refractivity contribution >= 4 is 40.6 Å². The maximum Gasteiger partial charge on any atom is 0.309 e. The summed E-state index contributed by atoms with van der Waals surface area (Å²) in [6.07, 6.45) is 1.35. The van der Waals surface area contributed by atoms with Crippen LogP contribution in [0.25, 0.3) is 0 Å². The van der Waals surface area contributed by atoms with E-state index in [1.165, 1.54) is 22.6 Å². The Balaban J connectivity index is 1.64. The first kappa shape index (κ1) is 19.9. The Morgan fingerprint density at radius 1 is 1.25 bits per heavy atom. The summed E-state index contributed by atoms with van der Waals surface area (Å²) in [6, 6.07) is 15.0. The summed E-state index contributed by atoms with van der Waals surface area (Å²) in [5.41, 5.74) is 1.08. The minimum atomic E-state index is -0.483. The molecule has 0 bridgehead atoms. The van der Waals surface area contributed by atoms with Crippen molar-refractivity contribution in [3.05, 3.63) is 75.6 Å². The second kappa shape index (κ2) is 8.90. The average molecular weight is 417 g/mol. The van der Waals surface area contributed by atoms with E-state index in [0.717, 1.165) is 9.79 Å². The summed E-state index contributed by atoms with van der Waals surface area (Å²) >= 11 is 7.44. The van der Waals surface area contributed by atoms with Gasteiger partial charge in [-0.3, -0.25) is 19.6 Å². The number of para-hydroxylation sites is 1. The molecule has 3 aromatic rings. The third-order valence-electron chi connectivity index (χ3n) is 4.03. The van der Waals surface area contributed by atoms with E-state index in [1.807, 2.05) is 48.5 Å². The second-order valence-electron chi connectivity index (χ2n) is 5.95. The number of halogens is 1. The maximum absolute atomic E-state index is 12.4. The predicted molar refractivity (Wildman–Crippen MR) is 109 cm³/mol. The van der Waals surface area contributed by atoms with Gasteiger partial charge in [-0.25, -0.2) is 0 Å². The van der Waals surface area contributed by atoms with Gasteiger partial charge in [0, 0.05) is 21.2 Å². The molecule has 144 valence electrons. The van der Waals surface area contributed by atoms with Crippen LogP contribution in [0.1, 0.15) is 12.1 Å². The third kappa shape index (κ3) is 4.90. The first-order chi connectivity index (χ1) is 13.4. The van der Waals surface area contributed by atoms with E-state index in [-0.39, 0.29) is 24.6 Å². The lowest BCUT2D eigenvalue weighted by atomic mass is 10.3. The van der Waals surface area contributed by atoms with Gasteiger partial charge >= 0.3 is 5.69 Å². The van der Waals surface area contributed by atoms with Crippen LogP contribution in [0.2, 0.25) is 5.02 Å². The molecule has 0 aliphatic rings. The minimum Gasteiger partial charge on any atom is -0.325 e. The number of carbonyl (C=O) groups is 1. The van der Waals surface area contributed by atoms with Crippen LogP contribution in [0, 0.1) is 17.0 Å². The van der Waals surface area contributed by atoms with E-state index in [9.17, 15) is 14.9 Å². The Bertz CT molecular complexity index is 1000. The number of aryl methyl sites for hydroxylation is 1. The van der Waals surface area contributed by atoms with E-state index < -0.39 is 4.92 Å². The zero-order valence-corrected chi connectivity index (χ0v) is 16.5. The zero-order valence-electron chi connectivity index (χ0n) is 15.0. The molecule has 9 heteroatoms. The van der Waals surface area contributed by atoms with Crippen molar-refractivity contribution in [2.45, 2.75) is 29.7 Å². The monoisotopic (exact) mass is 416 g/mol. The average Bonchev–Trinajstić information content (AvgIpc) is 3.04. The number of amides is 1. The molecule has 1 heterocycles. The first-order valence-electron chi connectivity index (χ1n) is 8.43. The van der Waals surface area contributed by atoms with Crippen molar-refractivity contribution in [1.82, 2.24) is 9.78 Å². The molecular formula is C19H17ClN4O3S. The molecule has 3 rings (SSSR count). The molecule has 7 nitrogen and oxygen atoms in total. The fourth-order valence-electron chi connectivity index (χ4n) is 2.55. The SMILES string of the molecule is Cc1c([N+](=O)[O-])cnn1CCC(=O)Nc1ccccc1Sc1ccc(Cl)cc1. The zero-order chi connectivity index (χ0) is 20.1. The lowest BCUT2D eigenvalue weighted by Crippen LogP contribution is -2.16. The fraction of sp³-hybridized carbons (Fsp3) is 0.158. The van der Waals surface area contributed by atoms with E-state index in [0.29, 0.717) is 16.4 Å². The minimum absolute atomic E-state index is 0.0508. The van der Waals surface area contributed by atoms with Crippen LogP contribution in [0.5, 0.6) is 0 Å². The molecule has 0 unspecified atom stereocenters. The number of nitro groups is 1. The topological polar surface area (TPSA) is 90.1 Å². The van der Waals surface area contributed by atoms with Gasteiger partial charge in [-0.05, 0) is 43.3 Å². The van der Waals surface area contributed by atoms with Gasteiger partial charge in [0.05, 0.1) is 17.2 Å². The van der Waals surface area contributed by atoms with Crippen molar-refractivity contribution in [2.75, 3.05) is 5.32 Å². The number of nitrogens with zero attached hydrogens (tertiary/aromatic N) is 3. The van der Waals surface area contributed by atoms with Crippen LogP contribution in [0.15, 0.2) is 64.5 Å². The molecular weight excluding hydrogens is 400 g/mol. The van der Waals surface area contributed by atoms with Crippen LogP contribution in [0.4, 0.5) is 11.4 Å². The van der Waals surface area contributed by atoms with Gasteiger partial charge in [0.2, 0.25) is 5.91 Å². The maximum atomic E-state index is 12.4. The summed E-state index contributed by atoms with van der Waals surface area (Å²) in [5.74, 6) is -0.193. The van der Waals surface area contributed by atoms with Gasteiger partial charge in [0.15, 0.2) is 0 Å². The Kier molecular flexibility index (Phi) is 6.33. The lowest BCUT2D eigenvalue weighted by molar-refractivity contribution is -0.385. The summed E-state index contributed by atoms with van der Waals surface area (Å²) in [6.45, 7) is 1.87. The van der Waals surface area contributed by atoms with Gasteiger partial charge in [-0.1, -0.05) is 35.5 Å². The smallest absolute Gasteiger partial charge is 0.309 e. The summed E-state index contributed by atoms with van der Waals surface area (Å²) in [4.78, 5) is 24.7. The van der Waals surface area contributed by atoms with Gasteiger partial charge in [-0.2, -0.15) is 5.10 Å². The third-order valence-corrected chi connectivity index (χ3v) is 5.36. The van der Waals surface area contributed by atoms with Crippen LogP contribution < -0.4 is 5.32 Å². The normalized spacial score (nSPS) is 10.6. The number of rotatable bonds is 7. The molecule has 0 saturated heterocycles. The molecule has 0 atom stereocenters. The highest BCUT2D eigenvalue weighted by molar-refractivity contribution is 7.99. The molecule has 0 saturated carbocycles. The number of benzene rings is 2. The van der Waals surface area contributed by atoms with Gasteiger partial charge in [0.1, 0.15) is 11.9 Å². The molecule has 0 fully saturated rings. The standard InChI is InChI=1S/C19H17ClN4O3S/c1-13-17(24(26)27)12-21-23(13)11-10-19(25)22-16-4-2-3-5-18(16)28-15-8-6-14(20)7-9-15/h2-9,12H,10-11H2,1H3,(H,22,25). The molecule has 1 aromatic heterocycles. The summed E-state index contributed by atoms with van der Waals surface area (Å²) in [5, 5.41) is 18.4. The summed E-state index contributed by atoms with van der Waals surface area (Å²) in [7, 11) is 0. The summed E-state index contributed by atoms with van der Waals surface area (Å²) < 4.78 is 1.46. The van der Waals surface area contributed by atoms with Gasteiger partial charge < -0.3 is 5.32 Å². The molecule has 0 aliphatic heterocycles. The predicted octanol–water partition coefficient (Wildman–Crippen LogP) is 4.93. The first-order valence-corrected chi connectivity index (χ1v) is 9.62. The Labute approximate surface area is 170 Å². The Morgan fingerprint density at radius 2 is 1.96 bits per heavy atom. The van der Waals surface area contributed by atoms with Crippen LogP contribution >= 0.6 is 23.4 Å². The Hall–Kier alpha value is -2.84. The van der Waals surface area contributed by atoms with Crippen molar-refractivity contribution in [3.8, 4) is 0 Å². The van der Waals surface area contributed by atoms with Crippen LogP contribution in [0.3, 0.4) is 0 Å². The van der Waals surface area contributed by atoms with E-state index in [4.69, 9.17) is 11.6 Å². The number of hydrogen-bond acceptors (Lipinski definition) is 5. The fourth-order valence-corrected chi connectivity index (χ4v) is 3.58. The van der Waals surface area contributed by atoms with E-state index in [2.05, 4.69) is 10.4 Å². The highest BCUT2D eigenvalue weighted by Gasteiger charge is 2.17. The second-order valence-corrected chi connectivity index (χ2v) is 7.50. The number of hydrogen-bond donors (Lipinski definition) is 1. The van der Waals surface area contributed by atoms with Crippen molar-refractivity contribution in [3.63, 3.8) is 0 Å². The van der Waals surface area contributed by atoms with Crippen molar-refractivity contribution in [2.24, 2.45) is 0 Å². The Morgan fingerprint density at radius 3 is 2.64 bits per heavy atom. The van der Waals surface area contributed by atoms with Gasteiger partial charge in [0.25, 0.3) is 0 Å². The van der Waals surface area contributed by atoms with Crippen LogP contribution in [-0.4, -0.2) is 20.6 Å². The quantitative estimate of drug-likeness (QED) is 0.435. The molecule has 0 radical (unpaired) electrons. The largest absolute Gasteiger partial charge is 0.325 e. The molecule has 1 amide bonds. The van der Waals surface area contributed by atoms with Crippen molar-refractivity contribution in [1.29, 1.82) is 0 Å². The number of anilines is 1. The molecule has 0 spiro atoms.